The Bertz CT molecular complexity index is 579. The van der Waals surface area contributed by atoms with Gasteiger partial charge in [-0.05, 0) is 24.3 Å². The largest absolute Gasteiger partial charge is 0.496 e. The van der Waals surface area contributed by atoms with Crippen molar-refractivity contribution in [2.45, 2.75) is 12.8 Å². The van der Waals surface area contributed by atoms with Gasteiger partial charge in [0.1, 0.15) is 18.1 Å². The number of alkyl halides is 3. The molecule has 106 valence electrons. The molecule has 0 saturated carbocycles. The molecule has 0 aliphatic heterocycles. The van der Waals surface area contributed by atoms with Gasteiger partial charge in [0.25, 0.3) is 0 Å². The van der Waals surface area contributed by atoms with Gasteiger partial charge in [0.05, 0.1) is 12.7 Å². The highest BCUT2D eigenvalue weighted by molar-refractivity contribution is 5.34. The second-order valence-electron chi connectivity index (χ2n) is 4.13. The first-order chi connectivity index (χ1) is 9.50. The van der Waals surface area contributed by atoms with Crippen molar-refractivity contribution in [3.63, 3.8) is 0 Å². The predicted molar refractivity (Wildman–Crippen MR) is 68.8 cm³/mol. The SMILES string of the molecule is COc1ccccc1COc1cccc(C(F)(F)F)c1. The Kier molecular flexibility index (Phi) is 4.17. The van der Waals surface area contributed by atoms with E-state index in [1.807, 2.05) is 12.1 Å². The van der Waals surface area contributed by atoms with E-state index < -0.39 is 11.7 Å². The summed E-state index contributed by atoms with van der Waals surface area (Å²) in [5.74, 6) is 0.810. The summed E-state index contributed by atoms with van der Waals surface area (Å²) in [6.45, 7) is 0.144. The van der Waals surface area contributed by atoms with E-state index in [4.69, 9.17) is 9.47 Å². The van der Waals surface area contributed by atoms with Crippen molar-refractivity contribution < 1.29 is 22.6 Å². The molecule has 2 aromatic rings. The van der Waals surface area contributed by atoms with Crippen molar-refractivity contribution >= 4 is 0 Å². The molecule has 0 radical (unpaired) electrons. The minimum Gasteiger partial charge on any atom is -0.496 e. The molecule has 0 fully saturated rings. The van der Waals surface area contributed by atoms with Crippen LogP contribution < -0.4 is 9.47 Å². The van der Waals surface area contributed by atoms with E-state index >= 15 is 0 Å². The van der Waals surface area contributed by atoms with E-state index in [2.05, 4.69) is 0 Å². The van der Waals surface area contributed by atoms with E-state index in [1.165, 1.54) is 19.2 Å². The van der Waals surface area contributed by atoms with Gasteiger partial charge in [-0.2, -0.15) is 13.2 Å². The number of benzene rings is 2. The van der Waals surface area contributed by atoms with Gasteiger partial charge in [-0.15, -0.1) is 0 Å². The number of hydrogen-bond acceptors (Lipinski definition) is 2. The van der Waals surface area contributed by atoms with Crippen LogP contribution in [0.5, 0.6) is 11.5 Å². The predicted octanol–water partition coefficient (Wildman–Crippen LogP) is 4.29. The Balaban J connectivity index is 2.11. The number of para-hydroxylation sites is 1. The van der Waals surface area contributed by atoms with Gasteiger partial charge in [-0.1, -0.05) is 24.3 Å². The number of rotatable bonds is 4. The first-order valence-electron chi connectivity index (χ1n) is 5.92. The van der Waals surface area contributed by atoms with Crippen molar-refractivity contribution in [3.8, 4) is 11.5 Å². The fraction of sp³-hybridized carbons (Fsp3) is 0.200. The Morgan fingerprint density at radius 3 is 2.45 bits per heavy atom. The zero-order valence-corrected chi connectivity index (χ0v) is 10.8. The first-order valence-corrected chi connectivity index (χ1v) is 5.92. The lowest BCUT2D eigenvalue weighted by molar-refractivity contribution is -0.137. The fourth-order valence-electron chi connectivity index (χ4n) is 1.75. The third kappa shape index (κ3) is 3.44. The molecule has 0 aromatic heterocycles. The summed E-state index contributed by atoms with van der Waals surface area (Å²) in [6.07, 6.45) is -4.37. The van der Waals surface area contributed by atoms with Gasteiger partial charge in [0.15, 0.2) is 0 Å². The molecular weight excluding hydrogens is 269 g/mol. The highest BCUT2D eigenvalue weighted by atomic mass is 19.4. The van der Waals surface area contributed by atoms with Gasteiger partial charge < -0.3 is 9.47 Å². The van der Waals surface area contributed by atoms with Gasteiger partial charge in [-0.25, -0.2) is 0 Å². The van der Waals surface area contributed by atoms with Crippen LogP contribution >= 0.6 is 0 Å². The van der Waals surface area contributed by atoms with E-state index in [0.717, 1.165) is 17.7 Å². The number of halogens is 3. The highest BCUT2D eigenvalue weighted by Crippen LogP contribution is 2.31. The zero-order chi connectivity index (χ0) is 14.6. The Morgan fingerprint density at radius 2 is 1.75 bits per heavy atom. The molecule has 20 heavy (non-hydrogen) atoms. The van der Waals surface area contributed by atoms with E-state index in [-0.39, 0.29) is 12.4 Å². The second kappa shape index (κ2) is 5.86. The van der Waals surface area contributed by atoms with Crippen LogP contribution in [0.1, 0.15) is 11.1 Å². The Labute approximate surface area is 114 Å². The van der Waals surface area contributed by atoms with Crippen LogP contribution in [0.4, 0.5) is 13.2 Å². The summed E-state index contributed by atoms with van der Waals surface area (Å²) in [5.41, 5.74) is 0.0439. The third-order valence-electron chi connectivity index (χ3n) is 2.75. The van der Waals surface area contributed by atoms with Crippen molar-refractivity contribution in [2.75, 3.05) is 7.11 Å². The maximum absolute atomic E-state index is 12.6. The molecule has 0 heterocycles. The van der Waals surface area contributed by atoms with Crippen LogP contribution in [0.25, 0.3) is 0 Å². The Hall–Kier alpha value is -2.17. The Morgan fingerprint density at radius 1 is 1.00 bits per heavy atom. The summed E-state index contributed by atoms with van der Waals surface area (Å²) < 4.78 is 48.3. The highest BCUT2D eigenvalue weighted by Gasteiger charge is 2.30. The summed E-state index contributed by atoms with van der Waals surface area (Å²) in [7, 11) is 1.53. The standard InChI is InChI=1S/C15H13F3O2/c1-19-14-8-3-2-5-11(14)10-20-13-7-4-6-12(9-13)15(16,17)18/h2-9H,10H2,1H3. The van der Waals surface area contributed by atoms with Crippen LogP contribution in [-0.2, 0) is 12.8 Å². The van der Waals surface area contributed by atoms with Crippen molar-refractivity contribution in [1.82, 2.24) is 0 Å². The molecule has 2 rings (SSSR count). The molecule has 0 unspecified atom stereocenters. The summed E-state index contributed by atoms with van der Waals surface area (Å²) >= 11 is 0. The van der Waals surface area contributed by atoms with E-state index in [0.29, 0.717) is 5.75 Å². The molecule has 0 bridgehead atoms. The number of ether oxygens (including phenoxy) is 2. The topological polar surface area (TPSA) is 18.5 Å². The summed E-state index contributed by atoms with van der Waals surface area (Å²) in [5, 5.41) is 0. The normalized spacial score (nSPS) is 11.2. The monoisotopic (exact) mass is 282 g/mol. The van der Waals surface area contributed by atoms with Crippen LogP contribution in [0.3, 0.4) is 0 Å². The summed E-state index contributed by atoms with van der Waals surface area (Å²) in [6, 6.07) is 12.0. The molecule has 0 aliphatic rings. The molecule has 2 nitrogen and oxygen atoms in total. The van der Waals surface area contributed by atoms with E-state index in [1.54, 1.807) is 12.1 Å². The quantitative estimate of drug-likeness (QED) is 0.832. The van der Waals surface area contributed by atoms with Crippen molar-refractivity contribution in [3.05, 3.63) is 59.7 Å². The van der Waals surface area contributed by atoms with Crippen LogP contribution in [0.15, 0.2) is 48.5 Å². The fourth-order valence-corrected chi connectivity index (χ4v) is 1.75. The molecule has 0 aliphatic carbocycles. The molecule has 0 saturated heterocycles. The van der Waals surface area contributed by atoms with Crippen molar-refractivity contribution in [2.24, 2.45) is 0 Å². The molecular formula is C15H13F3O2. The van der Waals surface area contributed by atoms with Crippen molar-refractivity contribution in [1.29, 1.82) is 0 Å². The van der Waals surface area contributed by atoms with Gasteiger partial charge in [-0.3, -0.25) is 0 Å². The maximum Gasteiger partial charge on any atom is 0.416 e. The average Bonchev–Trinajstić information content (AvgIpc) is 2.45. The number of hydrogen-bond donors (Lipinski definition) is 0. The van der Waals surface area contributed by atoms with Crippen LogP contribution in [-0.4, -0.2) is 7.11 Å². The second-order valence-corrected chi connectivity index (χ2v) is 4.13. The molecule has 0 atom stereocenters. The summed E-state index contributed by atoms with van der Waals surface area (Å²) in [4.78, 5) is 0. The van der Waals surface area contributed by atoms with Gasteiger partial charge in [0.2, 0.25) is 0 Å². The van der Waals surface area contributed by atoms with Gasteiger partial charge >= 0.3 is 6.18 Å². The third-order valence-corrected chi connectivity index (χ3v) is 2.75. The lowest BCUT2D eigenvalue weighted by atomic mass is 10.2. The molecule has 0 amide bonds. The van der Waals surface area contributed by atoms with E-state index in [9.17, 15) is 13.2 Å². The minimum absolute atomic E-state index is 0.144. The van der Waals surface area contributed by atoms with Crippen LogP contribution in [0, 0.1) is 0 Å². The molecule has 0 spiro atoms. The smallest absolute Gasteiger partial charge is 0.416 e. The average molecular weight is 282 g/mol. The molecule has 5 heteroatoms. The molecule has 0 N–H and O–H groups in total. The molecule has 2 aromatic carbocycles. The maximum atomic E-state index is 12.6. The van der Waals surface area contributed by atoms with Crippen LogP contribution in [0.2, 0.25) is 0 Å². The zero-order valence-electron chi connectivity index (χ0n) is 10.8. The lowest BCUT2D eigenvalue weighted by Crippen LogP contribution is -2.05. The lowest BCUT2D eigenvalue weighted by Gasteiger charge is -2.12. The van der Waals surface area contributed by atoms with Gasteiger partial charge in [0, 0.05) is 5.56 Å². The first kappa shape index (κ1) is 14.2. The number of methoxy groups -OCH3 is 1. The minimum atomic E-state index is -4.37.